The summed E-state index contributed by atoms with van der Waals surface area (Å²) in [6.45, 7) is 6.35. The minimum Gasteiger partial charge on any atom is -0.454 e. The smallest absolute Gasteiger partial charge is 0.247 e. The highest BCUT2D eigenvalue weighted by Gasteiger charge is 2.37. The van der Waals surface area contributed by atoms with Crippen LogP contribution in [0.15, 0.2) is 65.8 Å². The molecule has 0 radical (unpaired) electrons. The van der Waals surface area contributed by atoms with Crippen molar-refractivity contribution in [2.45, 2.75) is 57.8 Å². The maximum absolute atomic E-state index is 14.1. The van der Waals surface area contributed by atoms with Gasteiger partial charge < -0.3 is 19.7 Å². The summed E-state index contributed by atoms with van der Waals surface area (Å²) >= 11 is 1.30. The van der Waals surface area contributed by atoms with Crippen molar-refractivity contribution in [2.75, 3.05) is 17.9 Å². The second-order valence-corrected chi connectivity index (χ2v) is 11.2. The van der Waals surface area contributed by atoms with E-state index in [-0.39, 0.29) is 30.3 Å². The van der Waals surface area contributed by atoms with Gasteiger partial charge in [-0.1, -0.05) is 48.2 Å². The fourth-order valence-electron chi connectivity index (χ4n) is 5.18. The quantitative estimate of drug-likeness (QED) is 0.207. The highest BCUT2D eigenvalue weighted by Crippen LogP contribution is 2.35. The fraction of sp³-hybridized carbons (Fsp3) is 0.355. The second-order valence-electron chi connectivity index (χ2n) is 10.2. The maximum Gasteiger partial charge on any atom is 0.247 e. The summed E-state index contributed by atoms with van der Waals surface area (Å²) in [7, 11) is 0. The maximum atomic E-state index is 14.1. The van der Waals surface area contributed by atoms with Gasteiger partial charge in [-0.25, -0.2) is 9.97 Å². The molecule has 8 nitrogen and oxygen atoms in total. The van der Waals surface area contributed by atoms with E-state index in [2.05, 4.69) is 27.4 Å². The summed E-state index contributed by atoms with van der Waals surface area (Å²) in [6.07, 6.45) is 6.67. The number of thioether (sulfide) groups is 1. The molecule has 0 saturated carbocycles. The van der Waals surface area contributed by atoms with Crippen LogP contribution in [0.25, 0.3) is 0 Å². The van der Waals surface area contributed by atoms with Gasteiger partial charge in [0.25, 0.3) is 0 Å². The predicted molar refractivity (Wildman–Crippen MR) is 155 cm³/mol. The van der Waals surface area contributed by atoms with Crippen LogP contribution in [-0.2, 0) is 16.1 Å². The Morgan fingerprint density at radius 3 is 2.55 bits per heavy atom. The summed E-state index contributed by atoms with van der Waals surface area (Å²) in [5.41, 5.74) is 4.40. The van der Waals surface area contributed by atoms with E-state index in [0.717, 1.165) is 41.8 Å². The number of amides is 2. The molecular formula is C31H34N4O4S. The van der Waals surface area contributed by atoms with Crippen LogP contribution >= 0.6 is 11.8 Å². The van der Waals surface area contributed by atoms with Gasteiger partial charge in [-0.15, -0.1) is 0 Å². The summed E-state index contributed by atoms with van der Waals surface area (Å²) in [5, 5.41) is 3.63. The number of anilines is 1. The zero-order valence-electron chi connectivity index (χ0n) is 23.1. The lowest BCUT2D eigenvalue weighted by Gasteiger charge is -2.37. The highest BCUT2D eigenvalue weighted by molar-refractivity contribution is 7.99. The molecule has 2 aromatic carbocycles. The van der Waals surface area contributed by atoms with Crippen LogP contribution in [0.1, 0.15) is 41.8 Å². The van der Waals surface area contributed by atoms with Crippen molar-refractivity contribution in [3.05, 3.63) is 83.2 Å². The molecule has 1 aromatic heterocycles. The van der Waals surface area contributed by atoms with Gasteiger partial charge in [0.1, 0.15) is 6.04 Å². The number of benzene rings is 2. The average molecular weight is 559 g/mol. The molecule has 2 aliphatic rings. The molecule has 0 spiro atoms. The number of nitrogens with zero attached hydrogens (tertiary/aromatic N) is 3. The van der Waals surface area contributed by atoms with Crippen LogP contribution in [0.5, 0.6) is 11.5 Å². The molecule has 0 saturated heterocycles. The van der Waals surface area contributed by atoms with Gasteiger partial charge in [0.15, 0.2) is 16.7 Å². The van der Waals surface area contributed by atoms with Crippen LogP contribution in [0.3, 0.4) is 0 Å². The van der Waals surface area contributed by atoms with Crippen molar-refractivity contribution in [1.82, 2.24) is 14.9 Å². The van der Waals surface area contributed by atoms with Crippen LogP contribution in [-0.4, -0.2) is 45.3 Å². The SMILES string of the molecule is Cc1cc(C)nc(SCC(=O)N(Cc2ccccc2C)[C@H](C(=O)Nc2ccc3c(c2)OCO3)[C@H]2CC=CCC2)n1. The number of aromatic nitrogens is 2. The molecular weight excluding hydrogens is 524 g/mol. The van der Waals surface area contributed by atoms with E-state index >= 15 is 0 Å². The van der Waals surface area contributed by atoms with Crippen molar-refractivity contribution in [3.8, 4) is 11.5 Å². The second kappa shape index (κ2) is 12.6. The van der Waals surface area contributed by atoms with Gasteiger partial charge in [-0.2, -0.15) is 0 Å². The molecule has 9 heteroatoms. The number of carbonyl (C=O) groups is 2. The summed E-state index contributed by atoms with van der Waals surface area (Å²) in [4.78, 5) is 38.8. The van der Waals surface area contributed by atoms with E-state index in [1.807, 2.05) is 51.1 Å². The van der Waals surface area contributed by atoms with Gasteiger partial charge >= 0.3 is 0 Å². The number of nitrogens with one attached hydrogen (secondary N) is 1. The monoisotopic (exact) mass is 558 g/mol. The van der Waals surface area contributed by atoms with Crippen molar-refractivity contribution in [3.63, 3.8) is 0 Å². The van der Waals surface area contributed by atoms with Gasteiger partial charge in [0.05, 0.1) is 5.75 Å². The Morgan fingerprint density at radius 2 is 1.80 bits per heavy atom. The number of hydrogen-bond donors (Lipinski definition) is 1. The lowest BCUT2D eigenvalue weighted by Crippen LogP contribution is -2.52. The molecule has 208 valence electrons. The van der Waals surface area contributed by atoms with E-state index < -0.39 is 6.04 Å². The molecule has 2 amide bonds. The topological polar surface area (TPSA) is 93.7 Å². The normalized spacial score (nSPS) is 16.4. The zero-order chi connectivity index (χ0) is 28.1. The Kier molecular flexibility index (Phi) is 8.69. The van der Waals surface area contributed by atoms with E-state index in [4.69, 9.17) is 9.47 Å². The third kappa shape index (κ3) is 6.65. The molecule has 1 N–H and O–H groups in total. The first-order valence-corrected chi connectivity index (χ1v) is 14.5. The molecule has 2 atom stereocenters. The van der Waals surface area contributed by atoms with Crippen molar-refractivity contribution < 1.29 is 19.1 Å². The van der Waals surface area contributed by atoms with E-state index in [0.29, 0.717) is 28.9 Å². The van der Waals surface area contributed by atoms with Crippen molar-refractivity contribution in [1.29, 1.82) is 0 Å². The number of hydrogen-bond acceptors (Lipinski definition) is 7. The van der Waals surface area contributed by atoms with Crippen molar-refractivity contribution in [2.24, 2.45) is 5.92 Å². The number of aryl methyl sites for hydroxylation is 3. The van der Waals surface area contributed by atoms with Gasteiger partial charge in [0, 0.05) is 29.7 Å². The Hall–Kier alpha value is -3.85. The van der Waals surface area contributed by atoms with E-state index in [9.17, 15) is 9.59 Å². The fourth-order valence-corrected chi connectivity index (χ4v) is 6.02. The predicted octanol–water partition coefficient (Wildman–Crippen LogP) is 5.62. The zero-order valence-corrected chi connectivity index (χ0v) is 23.9. The third-order valence-electron chi connectivity index (χ3n) is 7.21. The number of rotatable bonds is 9. The lowest BCUT2D eigenvalue weighted by atomic mass is 9.85. The van der Waals surface area contributed by atoms with E-state index in [1.54, 1.807) is 23.1 Å². The Bertz CT molecular complexity index is 1410. The van der Waals surface area contributed by atoms with Gasteiger partial charge in [-0.05, 0) is 75.3 Å². The minimum absolute atomic E-state index is 0.0190. The van der Waals surface area contributed by atoms with Crippen LogP contribution < -0.4 is 14.8 Å². The highest BCUT2D eigenvalue weighted by atomic mass is 32.2. The van der Waals surface area contributed by atoms with E-state index in [1.165, 1.54) is 11.8 Å². The van der Waals surface area contributed by atoms with Crippen molar-refractivity contribution >= 4 is 29.3 Å². The Balaban J connectivity index is 1.45. The molecule has 2 heterocycles. The Labute approximate surface area is 239 Å². The Morgan fingerprint density at radius 1 is 1.02 bits per heavy atom. The minimum atomic E-state index is -0.664. The molecule has 5 rings (SSSR count). The summed E-state index contributed by atoms with van der Waals surface area (Å²) < 4.78 is 10.9. The summed E-state index contributed by atoms with van der Waals surface area (Å²) in [6, 6.07) is 14.6. The van der Waals surface area contributed by atoms with Gasteiger partial charge in [-0.3, -0.25) is 9.59 Å². The summed E-state index contributed by atoms with van der Waals surface area (Å²) in [5.74, 6) is 1.01. The van der Waals surface area contributed by atoms with Crippen LogP contribution in [0.4, 0.5) is 5.69 Å². The first-order chi connectivity index (χ1) is 19.4. The number of ether oxygens (including phenoxy) is 2. The van der Waals surface area contributed by atoms with Crippen LogP contribution in [0.2, 0.25) is 0 Å². The lowest BCUT2D eigenvalue weighted by molar-refractivity contribution is -0.139. The molecule has 0 fully saturated rings. The molecule has 0 bridgehead atoms. The standard InChI is InChI=1S/C31H34N4O4S/c1-20-9-7-8-12-24(20)17-35(28(36)18-40-31-32-21(2)15-22(3)33-31)29(23-10-5-4-6-11-23)30(37)34-25-13-14-26-27(16-25)39-19-38-26/h4-5,7-9,12-16,23,29H,6,10-11,17-19H2,1-3H3,(H,34,37)/t23-,29-/m0/s1. The largest absolute Gasteiger partial charge is 0.454 e. The average Bonchev–Trinajstić information content (AvgIpc) is 3.40. The molecule has 40 heavy (non-hydrogen) atoms. The number of carbonyl (C=O) groups excluding carboxylic acids is 2. The number of allylic oxidation sites excluding steroid dienone is 2. The number of fused-ring (bicyclic) bond motifs is 1. The molecule has 0 unspecified atom stereocenters. The first-order valence-electron chi connectivity index (χ1n) is 13.5. The third-order valence-corrected chi connectivity index (χ3v) is 8.04. The first kappa shape index (κ1) is 27.7. The van der Waals surface area contributed by atoms with Gasteiger partial charge in [0.2, 0.25) is 18.6 Å². The molecule has 1 aliphatic heterocycles. The molecule has 3 aromatic rings. The molecule has 1 aliphatic carbocycles. The van der Waals surface area contributed by atoms with Crippen LogP contribution in [0, 0.1) is 26.7 Å².